The van der Waals surface area contributed by atoms with Gasteiger partial charge in [0.2, 0.25) is 0 Å². The summed E-state index contributed by atoms with van der Waals surface area (Å²) in [5.41, 5.74) is 4.31. The van der Waals surface area contributed by atoms with Gasteiger partial charge in [-0.3, -0.25) is 29.1 Å². The molecule has 0 aliphatic rings. The Morgan fingerprint density at radius 1 is 0.625 bits per heavy atom. The average Bonchev–Trinajstić information content (AvgIpc) is 2.96. The summed E-state index contributed by atoms with van der Waals surface area (Å²) < 4.78 is 13.9. The van der Waals surface area contributed by atoms with Crippen LogP contribution in [0.15, 0.2) is 79.1 Å². The van der Waals surface area contributed by atoms with Gasteiger partial charge in [0, 0.05) is 49.2 Å². The summed E-state index contributed by atoms with van der Waals surface area (Å²) in [5.74, 6) is -1.77. The van der Waals surface area contributed by atoms with Crippen molar-refractivity contribution in [3.63, 3.8) is 0 Å². The van der Waals surface area contributed by atoms with Gasteiger partial charge in [0.15, 0.2) is 29.0 Å². The summed E-state index contributed by atoms with van der Waals surface area (Å²) in [6.45, 7) is 3.66. The molecule has 0 saturated heterocycles. The summed E-state index contributed by atoms with van der Waals surface area (Å²) in [6.07, 6.45) is 3.22. The first-order valence-corrected chi connectivity index (χ1v) is 13.1. The molecular weight excluding hydrogens is 507 g/mol. The lowest BCUT2D eigenvalue weighted by molar-refractivity contribution is 0.0912. The van der Waals surface area contributed by atoms with Gasteiger partial charge in [0.05, 0.1) is 0 Å². The minimum absolute atomic E-state index is 0.0683. The molecule has 0 N–H and O–H groups in total. The molecule has 0 spiro atoms. The molecule has 2 aromatic heterocycles. The Bertz CT molecular complexity index is 1600. The van der Waals surface area contributed by atoms with E-state index < -0.39 is 11.6 Å². The summed E-state index contributed by atoms with van der Waals surface area (Å²) in [5, 5.41) is 0. The summed E-state index contributed by atoms with van der Waals surface area (Å²) in [7, 11) is 0. The number of aromatic nitrogens is 2. The van der Waals surface area contributed by atoms with Crippen molar-refractivity contribution in [2.75, 3.05) is 0 Å². The largest absolute Gasteiger partial charge is 0.294 e. The van der Waals surface area contributed by atoms with Gasteiger partial charge in [-0.1, -0.05) is 42.5 Å². The smallest absolute Gasteiger partial charge is 0.184 e. The van der Waals surface area contributed by atoms with Gasteiger partial charge < -0.3 is 0 Å². The standard InChI is InChI=1S/C33H29FN2O4/c1-21-11-12-23(20-26(21)29(38)14-15-30(39)32-22(2)7-5-17-35-32)19-24-8-3-4-9-25(24)28(37)13-16-31(40)33-27(34)10-6-18-36-33/h3-12,17-18,20H,13-16,19H2,1-2H3. The zero-order chi connectivity index (χ0) is 28.6. The maximum absolute atomic E-state index is 13.9. The highest BCUT2D eigenvalue weighted by Gasteiger charge is 2.19. The van der Waals surface area contributed by atoms with Crippen molar-refractivity contribution in [1.82, 2.24) is 9.97 Å². The quantitative estimate of drug-likeness (QED) is 0.192. The summed E-state index contributed by atoms with van der Waals surface area (Å²) >= 11 is 0. The van der Waals surface area contributed by atoms with E-state index in [-0.39, 0.29) is 48.7 Å². The molecule has 0 aliphatic carbocycles. The minimum atomic E-state index is -0.707. The Kier molecular flexibility index (Phi) is 9.17. The predicted molar refractivity (Wildman–Crippen MR) is 149 cm³/mol. The minimum Gasteiger partial charge on any atom is -0.294 e. The molecule has 0 unspecified atom stereocenters. The van der Waals surface area contributed by atoms with Crippen molar-refractivity contribution in [2.24, 2.45) is 0 Å². The van der Waals surface area contributed by atoms with E-state index in [4.69, 9.17) is 0 Å². The van der Waals surface area contributed by atoms with E-state index >= 15 is 0 Å². The Labute approximate surface area is 232 Å². The van der Waals surface area contributed by atoms with Gasteiger partial charge in [-0.15, -0.1) is 0 Å². The molecule has 0 radical (unpaired) electrons. The van der Waals surface area contributed by atoms with Gasteiger partial charge in [-0.05, 0) is 66.8 Å². The highest BCUT2D eigenvalue weighted by molar-refractivity contribution is 6.03. The van der Waals surface area contributed by atoms with Crippen LogP contribution in [0.2, 0.25) is 0 Å². The van der Waals surface area contributed by atoms with E-state index in [1.54, 1.807) is 24.4 Å². The van der Waals surface area contributed by atoms with Gasteiger partial charge in [0.25, 0.3) is 0 Å². The SMILES string of the molecule is Cc1ccc(Cc2ccccc2C(=O)CCC(=O)c2ncccc2F)cc1C(=O)CCC(=O)c1ncccc1C. The molecule has 0 saturated carbocycles. The highest BCUT2D eigenvalue weighted by atomic mass is 19.1. The van der Waals surface area contributed by atoms with Crippen molar-refractivity contribution in [3.05, 3.63) is 130 Å². The number of rotatable bonds is 12. The van der Waals surface area contributed by atoms with Crippen molar-refractivity contribution in [1.29, 1.82) is 0 Å². The number of Topliss-reactive ketones (excluding diaryl/α,β-unsaturated/α-hetero) is 4. The number of halogens is 1. The lowest BCUT2D eigenvalue weighted by atomic mass is 9.92. The van der Waals surface area contributed by atoms with Crippen LogP contribution in [0.25, 0.3) is 0 Å². The fourth-order valence-corrected chi connectivity index (χ4v) is 4.57. The Morgan fingerprint density at radius 2 is 1.23 bits per heavy atom. The fourth-order valence-electron chi connectivity index (χ4n) is 4.57. The molecule has 0 bridgehead atoms. The van der Waals surface area contributed by atoms with Crippen LogP contribution in [-0.2, 0) is 6.42 Å². The normalized spacial score (nSPS) is 10.8. The van der Waals surface area contributed by atoms with Crippen LogP contribution in [0.5, 0.6) is 0 Å². The topological polar surface area (TPSA) is 94.1 Å². The molecule has 4 aromatic rings. The van der Waals surface area contributed by atoms with Crippen molar-refractivity contribution < 1.29 is 23.6 Å². The zero-order valence-corrected chi connectivity index (χ0v) is 22.4. The Balaban J connectivity index is 1.44. The molecule has 0 aliphatic heterocycles. The Hall–Kier alpha value is -4.65. The molecule has 0 atom stereocenters. The molecule has 2 aromatic carbocycles. The van der Waals surface area contributed by atoms with E-state index in [1.807, 2.05) is 50.2 Å². The number of hydrogen-bond donors (Lipinski definition) is 0. The monoisotopic (exact) mass is 536 g/mol. The van der Waals surface area contributed by atoms with Crippen LogP contribution < -0.4 is 0 Å². The number of hydrogen-bond acceptors (Lipinski definition) is 6. The molecule has 0 fully saturated rings. The van der Waals surface area contributed by atoms with Gasteiger partial charge in [-0.2, -0.15) is 0 Å². The highest BCUT2D eigenvalue weighted by Crippen LogP contribution is 2.21. The molecule has 7 heteroatoms. The number of aryl methyl sites for hydroxylation is 2. The maximum atomic E-state index is 13.9. The molecule has 40 heavy (non-hydrogen) atoms. The lowest BCUT2D eigenvalue weighted by Crippen LogP contribution is -2.11. The van der Waals surface area contributed by atoms with E-state index in [0.29, 0.717) is 23.2 Å². The van der Waals surface area contributed by atoms with Crippen LogP contribution >= 0.6 is 0 Å². The average molecular weight is 537 g/mol. The predicted octanol–water partition coefficient (Wildman–Crippen LogP) is 6.51. The van der Waals surface area contributed by atoms with Crippen LogP contribution in [0.4, 0.5) is 4.39 Å². The summed E-state index contributed by atoms with van der Waals surface area (Å²) in [6, 6.07) is 18.8. The maximum Gasteiger partial charge on any atom is 0.184 e. The fraction of sp³-hybridized carbons (Fsp3) is 0.212. The molecular formula is C33H29FN2O4. The molecule has 202 valence electrons. The van der Waals surface area contributed by atoms with Crippen molar-refractivity contribution in [3.8, 4) is 0 Å². The number of benzene rings is 2. The second-order valence-corrected chi connectivity index (χ2v) is 9.68. The molecule has 4 rings (SSSR count). The number of pyridine rings is 2. The molecule has 6 nitrogen and oxygen atoms in total. The second kappa shape index (κ2) is 12.9. The third kappa shape index (κ3) is 6.86. The Morgan fingerprint density at radius 3 is 1.93 bits per heavy atom. The first-order valence-electron chi connectivity index (χ1n) is 13.1. The lowest BCUT2D eigenvalue weighted by Gasteiger charge is -2.12. The van der Waals surface area contributed by atoms with Crippen LogP contribution in [-0.4, -0.2) is 33.1 Å². The number of ketones is 4. The van der Waals surface area contributed by atoms with E-state index in [0.717, 1.165) is 28.3 Å². The van der Waals surface area contributed by atoms with Gasteiger partial charge in [-0.25, -0.2) is 4.39 Å². The number of carbonyl (C=O) groups excluding carboxylic acids is 4. The second-order valence-electron chi connectivity index (χ2n) is 9.68. The molecule has 2 heterocycles. The molecule has 0 amide bonds. The third-order valence-electron chi connectivity index (χ3n) is 6.77. The third-order valence-corrected chi connectivity index (χ3v) is 6.77. The first kappa shape index (κ1) is 28.4. The van der Waals surface area contributed by atoms with Crippen molar-refractivity contribution >= 4 is 23.1 Å². The van der Waals surface area contributed by atoms with Crippen molar-refractivity contribution in [2.45, 2.75) is 46.0 Å². The number of carbonyl (C=O) groups is 4. The van der Waals surface area contributed by atoms with Crippen LogP contribution in [0, 0.1) is 19.7 Å². The van der Waals surface area contributed by atoms with Gasteiger partial charge >= 0.3 is 0 Å². The van der Waals surface area contributed by atoms with E-state index in [2.05, 4.69) is 9.97 Å². The summed E-state index contributed by atoms with van der Waals surface area (Å²) in [4.78, 5) is 59.0. The van der Waals surface area contributed by atoms with Crippen LogP contribution in [0.3, 0.4) is 0 Å². The van der Waals surface area contributed by atoms with E-state index in [1.165, 1.54) is 12.3 Å². The van der Waals surface area contributed by atoms with Gasteiger partial charge in [0.1, 0.15) is 11.4 Å². The first-order chi connectivity index (χ1) is 19.2. The van der Waals surface area contributed by atoms with Crippen LogP contribution in [0.1, 0.15) is 89.6 Å². The zero-order valence-electron chi connectivity index (χ0n) is 22.4. The number of nitrogens with zero attached hydrogens (tertiary/aromatic N) is 2. The van der Waals surface area contributed by atoms with E-state index in [9.17, 15) is 23.6 Å².